The van der Waals surface area contributed by atoms with Gasteiger partial charge in [-0.2, -0.15) is 0 Å². The average molecular weight is 299 g/mol. The Kier molecular flexibility index (Phi) is 2.31. The smallest absolute Gasteiger partial charge is 0.165 e. The first-order valence-electron chi connectivity index (χ1n) is 7.16. The van der Waals surface area contributed by atoms with Crippen LogP contribution in [0.25, 0.3) is 11.2 Å². The van der Waals surface area contributed by atoms with Crippen molar-refractivity contribution in [2.24, 2.45) is 10.8 Å². The van der Waals surface area contributed by atoms with E-state index in [0.717, 1.165) is 0 Å². The van der Waals surface area contributed by atoms with E-state index in [0.29, 0.717) is 29.8 Å². The molecule has 4 N–H and O–H groups in total. The molecule has 0 aliphatic heterocycles. The first-order chi connectivity index (χ1) is 10.4. The minimum absolute atomic E-state index is 0.0972. The number of nitrogens with two attached hydrogens (primary N) is 1. The number of imidazole rings is 1. The molecule has 114 valence electrons. The van der Waals surface area contributed by atoms with Crippen molar-refractivity contribution in [3.05, 3.63) is 12.7 Å². The van der Waals surface area contributed by atoms with Crippen LogP contribution >= 0.6 is 0 Å². The molecule has 0 radical (unpaired) electrons. The summed E-state index contributed by atoms with van der Waals surface area (Å²) in [5.74, 6) is 2.83. The van der Waals surface area contributed by atoms with Gasteiger partial charge in [-0.25, -0.2) is 15.0 Å². The monoisotopic (exact) mass is 299 g/mol. The van der Waals surface area contributed by atoms with Crippen molar-refractivity contribution in [3.8, 4) is 12.3 Å². The molecule has 7 heteroatoms. The Bertz CT molecular complexity index is 827. The van der Waals surface area contributed by atoms with E-state index >= 15 is 0 Å². The number of hydrogen-bond acceptors (Lipinski definition) is 6. The fourth-order valence-electron chi connectivity index (χ4n) is 4.41. The van der Waals surface area contributed by atoms with E-state index in [2.05, 4.69) is 20.9 Å². The van der Waals surface area contributed by atoms with Gasteiger partial charge >= 0.3 is 0 Å². The van der Waals surface area contributed by atoms with Crippen molar-refractivity contribution in [1.82, 2.24) is 19.5 Å². The summed E-state index contributed by atoms with van der Waals surface area (Å²) in [5.41, 5.74) is 4.72. The number of nitrogens with zero attached hydrogens (tertiary/aromatic N) is 4. The lowest BCUT2D eigenvalue weighted by atomic mass is 9.85. The van der Waals surface area contributed by atoms with Crippen molar-refractivity contribution in [3.63, 3.8) is 0 Å². The number of nitrogen functional groups attached to an aromatic ring is 1. The number of rotatable bonds is 2. The molecule has 4 atom stereocenters. The number of terminal acetylenes is 1. The maximum atomic E-state index is 10.8. The van der Waals surface area contributed by atoms with E-state index in [1.165, 1.54) is 6.33 Å². The highest BCUT2D eigenvalue weighted by Crippen LogP contribution is 2.80. The van der Waals surface area contributed by atoms with Crippen LogP contribution in [0.5, 0.6) is 0 Å². The first kappa shape index (κ1) is 13.5. The summed E-state index contributed by atoms with van der Waals surface area (Å²) >= 11 is 0. The third kappa shape index (κ3) is 1.24. The lowest BCUT2D eigenvalue weighted by molar-refractivity contribution is -0.00175. The van der Waals surface area contributed by atoms with Crippen LogP contribution in [0.2, 0.25) is 0 Å². The van der Waals surface area contributed by atoms with Gasteiger partial charge in [0.05, 0.1) is 12.9 Å². The summed E-state index contributed by atoms with van der Waals surface area (Å²) in [7, 11) is 0. The maximum absolute atomic E-state index is 10.8. The lowest BCUT2D eigenvalue weighted by Crippen LogP contribution is -2.38. The molecule has 2 aliphatic carbocycles. The van der Waals surface area contributed by atoms with E-state index in [4.69, 9.17) is 12.2 Å². The Morgan fingerprint density at radius 2 is 2.27 bits per heavy atom. The topological polar surface area (TPSA) is 110 Å². The minimum atomic E-state index is -1.32. The summed E-state index contributed by atoms with van der Waals surface area (Å²) in [6, 6.07) is -0.0972. The lowest BCUT2D eigenvalue weighted by Gasteiger charge is -2.27. The zero-order chi connectivity index (χ0) is 15.8. The van der Waals surface area contributed by atoms with E-state index in [1.807, 2.05) is 11.5 Å². The molecule has 2 aliphatic rings. The Morgan fingerprint density at radius 1 is 1.50 bits per heavy atom. The Labute approximate surface area is 127 Å². The van der Waals surface area contributed by atoms with Crippen molar-refractivity contribution >= 4 is 17.0 Å². The van der Waals surface area contributed by atoms with Gasteiger partial charge in [0.1, 0.15) is 17.4 Å². The largest absolute Gasteiger partial charge is 0.396 e. The van der Waals surface area contributed by atoms with Gasteiger partial charge in [-0.1, -0.05) is 12.8 Å². The van der Waals surface area contributed by atoms with Crippen molar-refractivity contribution in [2.75, 3.05) is 12.3 Å². The summed E-state index contributed by atoms with van der Waals surface area (Å²) < 4.78 is 1.90. The highest BCUT2D eigenvalue weighted by atomic mass is 16.3. The quantitative estimate of drug-likeness (QED) is 0.679. The third-order valence-corrected chi connectivity index (χ3v) is 5.88. The molecule has 2 saturated carbocycles. The molecule has 2 fully saturated rings. The molecule has 0 unspecified atom stereocenters. The zero-order valence-electron chi connectivity index (χ0n) is 12.2. The van der Waals surface area contributed by atoms with E-state index < -0.39 is 11.0 Å². The summed E-state index contributed by atoms with van der Waals surface area (Å²) in [4.78, 5) is 12.5. The van der Waals surface area contributed by atoms with Gasteiger partial charge < -0.3 is 20.5 Å². The van der Waals surface area contributed by atoms with Crippen LogP contribution in [0.3, 0.4) is 0 Å². The van der Waals surface area contributed by atoms with Gasteiger partial charge in [0.25, 0.3) is 0 Å². The van der Waals surface area contributed by atoms with Crippen molar-refractivity contribution < 1.29 is 10.2 Å². The SMILES string of the molecule is C#C[C@]1(O)C[C@H](n2cnc3c(N)ncnc32)[C@@]2(C)C[C@@]12CO. The second-order valence-corrected chi connectivity index (χ2v) is 6.64. The van der Waals surface area contributed by atoms with E-state index in [1.54, 1.807) is 6.33 Å². The highest BCUT2D eigenvalue weighted by molar-refractivity contribution is 5.81. The number of anilines is 1. The minimum Gasteiger partial charge on any atom is -0.396 e. The van der Waals surface area contributed by atoms with Gasteiger partial charge in [-0.3, -0.25) is 0 Å². The van der Waals surface area contributed by atoms with Gasteiger partial charge in [0.2, 0.25) is 0 Å². The number of fused-ring (bicyclic) bond motifs is 2. The van der Waals surface area contributed by atoms with Crippen LogP contribution < -0.4 is 5.73 Å². The zero-order valence-corrected chi connectivity index (χ0v) is 12.2. The Balaban J connectivity index is 1.88. The van der Waals surface area contributed by atoms with Crippen LogP contribution in [0.15, 0.2) is 12.7 Å². The Hall–Kier alpha value is -2.17. The first-order valence-corrected chi connectivity index (χ1v) is 7.16. The van der Waals surface area contributed by atoms with Gasteiger partial charge in [-0.15, -0.1) is 6.42 Å². The molecule has 0 amide bonds. The van der Waals surface area contributed by atoms with Crippen molar-refractivity contribution in [1.29, 1.82) is 0 Å². The van der Waals surface area contributed by atoms with Gasteiger partial charge in [-0.05, 0) is 6.42 Å². The van der Waals surface area contributed by atoms with Gasteiger partial charge in [0.15, 0.2) is 11.5 Å². The molecule has 2 aromatic heterocycles. The fraction of sp³-hybridized carbons (Fsp3) is 0.533. The molecule has 4 rings (SSSR count). The predicted molar refractivity (Wildman–Crippen MR) is 79.4 cm³/mol. The summed E-state index contributed by atoms with van der Waals surface area (Å²) in [6.07, 6.45) is 9.66. The van der Waals surface area contributed by atoms with Crippen LogP contribution in [0.4, 0.5) is 5.82 Å². The highest BCUT2D eigenvalue weighted by Gasteiger charge is 2.81. The van der Waals surface area contributed by atoms with E-state index in [9.17, 15) is 10.2 Å². The molecular formula is C15H17N5O2. The second-order valence-electron chi connectivity index (χ2n) is 6.64. The van der Waals surface area contributed by atoms with Gasteiger partial charge in [0, 0.05) is 23.3 Å². The summed E-state index contributed by atoms with van der Waals surface area (Å²) in [6.45, 7) is 1.91. The maximum Gasteiger partial charge on any atom is 0.165 e. The second kappa shape index (κ2) is 3.77. The number of aliphatic hydroxyl groups is 2. The molecule has 0 bridgehead atoms. The summed E-state index contributed by atoms with van der Waals surface area (Å²) in [5, 5.41) is 20.7. The predicted octanol–water partition coefficient (Wildman–Crippen LogP) is 0.106. The molecule has 7 nitrogen and oxygen atoms in total. The molecule has 2 aromatic rings. The van der Waals surface area contributed by atoms with Crippen LogP contribution in [0.1, 0.15) is 25.8 Å². The number of aromatic nitrogens is 4. The van der Waals surface area contributed by atoms with Crippen LogP contribution in [0, 0.1) is 23.2 Å². The standard InChI is InChI=1S/C15H17N5O2/c1-3-15(22)4-9(13(2)5-14(13,15)6-21)20-8-19-10-11(16)17-7-18-12(10)20/h1,7-9,21-22H,4-6H2,2H3,(H2,16,17,18)/t9-,13+,14-,15-/m0/s1. The normalized spacial score (nSPS) is 39.6. The number of hydrogen-bond donors (Lipinski definition) is 3. The Morgan fingerprint density at radius 3 is 2.91 bits per heavy atom. The van der Waals surface area contributed by atoms with Crippen molar-refractivity contribution in [2.45, 2.75) is 31.4 Å². The molecular weight excluding hydrogens is 282 g/mol. The molecule has 22 heavy (non-hydrogen) atoms. The van der Waals surface area contributed by atoms with Crippen LogP contribution in [-0.2, 0) is 0 Å². The molecule has 0 aromatic carbocycles. The average Bonchev–Trinajstić information content (AvgIpc) is 2.86. The fourth-order valence-corrected chi connectivity index (χ4v) is 4.41. The van der Waals surface area contributed by atoms with E-state index in [-0.39, 0.29) is 18.1 Å². The molecule has 2 heterocycles. The molecule has 0 saturated heterocycles. The molecule has 0 spiro atoms. The number of aliphatic hydroxyl groups excluding tert-OH is 1. The van der Waals surface area contributed by atoms with Crippen LogP contribution in [-0.4, -0.2) is 41.9 Å². The third-order valence-electron chi connectivity index (χ3n) is 5.88.